The number of hydrogen-bond donors (Lipinski definition) is 0. The molecule has 0 saturated heterocycles. The number of rotatable bonds is 2. The highest BCUT2D eigenvalue weighted by Crippen LogP contribution is 2.34. The molecule has 0 aliphatic heterocycles. The van der Waals surface area contributed by atoms with Crippen LogP contribution in [-0.2, 0) is 0 Å². The van der Waals surface area contributed by atoms with Gasteiger partial charge in [0.05, 0.1) is 25.2 Å². The number of aryl methyl sites for hydroxylation is 1. The van der Waals surface area contributed by atoms with Gasteiger partial charge < -0.3 is 9.47 Å². The normalized spacial score (nSPS) is 10.0. The number of nitriles is 1. The Labute approximate surface area is 99.4 Å². The maximum Gasteiger partial charge on any atom is 0.145 e. The van der Waals surface area contributed by atoms with Crippen molar-refractivity contribution in [3.8, 4) is 17.6 Å². The molecule has 0 atom stereocenters. The summed E-state index contributed by atoms with van der Waals surface area (Å²) in [6.07, 6.45) is 0. The summed E-state index contributed by atoms with van der Waals surface area (Å²) in [7, 11) is 3.15. The van der Waals surface area contributed by atoms with E-state index in [-0.39, 0.29) is 0 Å². The predicted octanol–water partition coefficient (Wildman–Crippen LogP) is 2.43. The van der Waals surface area contributed by atoms with Crippen LogP contribution in [0.4, 0.5) is 0 Å². The molecule has 1 aromatic heterocycles. The Hall–Kier alpha value is -2.28. The van der Waals surface area contributed by atoms with E-state index in [9.17, 15) is 0 Å². The molecule has 86 valence electrons. The number of nitrogens with zero attached hydrogens (tertiary/aromatic N) is 2. The number of aromatic nitrogens is 1. The summed E-state index contributed by atoms with van der Waals surface area (Å²) in [6.45, 7) is 1.85. The summed E-state index contributed by atoms with van der Waals surface area (Å²) < 4.78 is 10.5. The third-order valence-corrected chi connectivity index (χ3v) is 2.57. The molecule has 1 heterocycles. The number of fused-ring (bicyclic) bond motifs is 1. The van der Waals surface area contributed by atoms with Crippen LogP contribution in [0, 0.1) is 18.3 Å². The minimum Gasteiger partial charge on any atom is -0.496 e. The summed E-state index contributed by atoms with van der Waals surface area (Å²) >= 11 is 0. The zero-order valence-electron chi connectivity index (χ0n) is 9.94. The van der Waals surface area contributed by atoms with Crippen LogP contribution in [0.15, 0.2) is 18.2 Å². The SMILES string of the molecule is COc1ccc(OC)c2c(C#N)cc(C)nc12. The van der Waals surface area contributed by atoms with Crippen molar-refractivity contribution in [2.24, 2.45) is 0 Å². The second-order valence-electron chi connectivity index (χ2n) is 3.62. The summed E-state index contributed by atoms with van der Waals surface area (Å²) in [6, 6.07) is 7.46. The maximum absolute atomic E-state index is 9.17. The Morgan fingerprint density at radius 3 is 2.41 bits per heavy atom. The second-order valence-corrected chi connectivity index (χ2v) is 3.62. The van der Waals surface area contributed by atoms with E-state index >= 15 is 0 Å². The van der Waals surface area contributed by atoms with E-state index < -0.39 is 0 Å². The molecule has 0 bridgehead atoms. The van der Waals surface area contributed by atoms with E-state index in [1.54, 1.807) is 32.4 Å². The van der Waals surface area contributed by atoms with Crippen LogP contribution >= 0.6 is 0 Å². The van der Waals surface area contributed by atoms with Crippen LogP contribution in [0.5, 0.6) is 11.5 Å². The van der Waals surface area contributed by atoms with Crippen molar-refractivity contribution in [2.75, 3.05) is 14.2 Å². The number of hydrogen-bond acceptors (Lipinski definition) is 4. The molecule has 0 N–H and O–H groups in total. The molecule has 0 aliphatic carbocycles. The number of pyridine rings is 1. The highest BCUT2D eigenvalue weighted by Gasteiger charge is 2.13. The summed E-state index contributed by atoms with van der Waals surface area (Å²) in [5, 5.41) is 9.86. The largest absolute Gasteiger partial charge is 0.496 e. The molecule has 4 heteroatoms. The van der Waals surface area contributed by atoms with E-state index in [0.717, 1.165) is 5.69 Å². The quantitative estimate of drug-likeness (QED) is 0.792. The van der Waals surface area contributed by atoms with Crippen molar-refractivity contribution in [1.82, 2.24) is 4.98 Å². The lowest BCUT2D eigenvalue weighted by atomic mass is 10.1. The topological polar surface area (TPSA) is 55.1 Å². The molecule has 0 radical (unpaired) electrons. The Morgan fingerprint density at radius 2 is 1.82 bits per heavy atom. The average molecular weight is 228 g/mol. The standard InChI is InChI=1S/C13H12N2O2/c1-8-6-9(7-14)12-10(16-2)4-5-11(17-3)13(12)15-8/h4-6H,1-3H3. The van der Waals surface area contributed by atoms with Gasteiger partial charge >= 0.3 is 0 Å². The zero-order chi connectivity index (χ0) is 12.4. The van der Waals surface area contributed by atoms with Gasteiger partial charge in [-0.2, -0.15) is 5.26 Å². The van der Waals surface area contributed by atoms with E-state index in [2.05, 4.69) is 11.1 Å². The van der Waals surface area contributed by atoms with Gasteiger partial charge in [0.2, 0.25) is 0 Å². The molecule has 2 rings (SSSR count). The lowest BCUT2D eigenvalue weighted by Crippen LogP contribution is -1.95. The van der Waals surface area contributed by atoms with Crippen LogP contribution in [0.1, 0.15) is 11.3 Å². The number of ether oxygens (including phenoxy) is 2. The summed E-state index contributed by atoms with van der Waals surface area (Å²) in [5.74, 6) is 1.27. The smallest absolute Gasteiger partial charge is 0.145 e. The second kappa shape index (κ2) is 4.30. The predicted molar refractivity (Wildman–Crippen MR) is 64.3 cm³/mol. The molecule has 0 amide bonds. The first kappa shape index (κ1) is 11.2. The first-order valence-electron chi connectivity index (χ1n) is 5.13. The first-order valence-corrected chi connectivity index (χ1v) is 5.13. The van der Waals surface area contributed by atoms with Gasteiger partial charge in [0.1, 0.15) is 23.1 Å². The average Bonchev–Trinajstić information content (AvgIpc) is 2.36. The lowest BCUT2D eigenvalue weighted by molar-refractivity contribution is 0.409. The molecule has 0 fully saturated rings. The summed E-state index contributed by atoms with van der Waals surface area (Å²) in [5.41, 5.74) is 1.98. The van der Waals surface area contributed by atoms with Gasteiger partial charge in [-0.1, -0.05) is 0 Å². The Kier molecular flexibility index (Phi) is 2.84. The molecule has 17 heavy (non-hydrogen) atoms. The highest BCUT2D eigenvalue weighted by molar-refractivity contribution is 5.94. The summed E-state index contributed by atoms with van der Waals surface area (Å²) in [4.78, 5) is 4.41. The van der Waals surface area contributed by atoms with Crippen LogP contribution in [-0.4, -0.2) is 19.2 Å². The minimum absolute atomic E-state index is 0.545. The van der Waals surface area contributed by atoms with Crippen LogP contribution in [0.2, 0.25) is 0 Å². The molecule has 2 aromatic rings. The third-order valence-electron chi connectivity index (χ3n) is 2.57. The molecule has 0 saturated carbocycles. The van der Waals surface area contributed by atoms with E-state index in [4.69, 9.17) is 14.7 Å². The van der Waals surface area contributed by atoms with Crippen molar-refractivity contribution < 1.29 is 9.47 Å². The number of methoxy groups -OCH3 is 2. The molecular formula is C13H12N2O2. The maximum atomic E-state index is 9.17. The van der Waals surface area contributed by atoms with Gasteiger partial charge in [-0.3, -0.25) is 0 Å². The Morgan fingerprint density at radius 1 is 1.18 bits per heavy atom. The fraction of sp³-hybridized carbons (Fsp3) is 0.231. The lowest BCUT2D eigenvalue weighted by Gasteiger charge is -2.10. The van der Waals surface area contributed by atoms with E-state index in [1.807, 2.05) is 6.92 Å². The molecule has 1 aromatic carbocycles. The van der Waals surface area contributed by atoms with Crippen molar-refractivity contribution in [3.63, 3.8) is 0 Å². The fourth-order valence-corrected chi connectivity index (χ4v) is 1.84. The number of benzene rings is 1. The Bertz CT molecular complexity index is 615. The van der Waals surface area contributed by atoms with Gasteiger partial charge in [-0.15, -0.1) is 0 Å². The fourth-order valence-electron chi connectivity index (χ4n) is 1.84. The van der Waals surface area contributed by atoms with Gasteiger partial charge in [-0.05, 0) is 25.1 Å². The van der Waals surface area contributed by atoms with Crippen molar-refractivity contribution in [2.45, 2.75) is 6.92 Å². The van der Waals surface area contributed by atoms with Crippen LogP contribution in [0.3, 0.4) is 0 Å². The first-order chi connectivity index (χ1) is 8.21. The van der Waals surface area contributed by atoms with E-state index in [0.29, 0.717) is 28.0 Å². The van der Waals surface area contributed by atoms with Gasteiger partial charge in [0.25, 0.3) is 0 Å². The van der Waals surface area contributed by atoms with Gasteiger partial charge in [0.15, 0.2) is 0 Å². The highest BCUT2D eigenvalue weighted by atomic mass is 16.5. The Balaban J connectivity index is 2.95. The van der Waals surface area contributed by atoms with Crippen LogP contribution in [0.25, 0.3) is 10.9 Å². The van der Waals surface area contributed by atoms with Crippen LogP contribution < -0.4 is 9.47 Å². The molecule has 4 nitrogen and oxygen atoms in total. The molecular weight excluding hydrogens is 216 g/mol. The van der Waals surface area contributed by atoms with Crippen molar-refractivity contribution in [3.05, 3.63) is 29.5 Å². The minimum atomic E-state index is 0.545. The van der Waals surface area contributed by atoms with Gasteiger partial charge in [0, 0.05) is 5.69 Å². The molecule has 0 unspecified atom stereocenters. The van der Waals surface area contributed by atoms with E-state index in [1.165, 1.54) is 0 Å². The van der Waals surface area contributed by atoms with Gasteiger partial charge in [-0.25, -0.2) is 4.98 Å². The molecule has 0 spiro atoms. The van der Waals surface area contributed by atoms with Crippen molar-refractivity contribution >= 4 is 10.9 Å². The van der Waals surface area contributed by atoms with Crippen molar-refractivity contribution in [1.29, 1.82) is 5.26 Å². The molecule has 0 aliphatic rings. The zero-order valence-corrected chi connectivity index (χ0v) is 9.94. The monoisotopic (exact) mass is 228 g/mol. The third kappa shape index (κ3) is 1.76.